The quantitative estimate of drug-likeness (QED) is 0.648. The summed E-state index contributed by atoms with van der Waals surface area (Å²) in [6.45, 7) is 3.35. The molecule has 0 radical (unpaired) electrons. The Labute approximate surface area is 105 Å². The van der Waals surface area contributed by atoms with Crippen molar-refractivity contribution in [2.45, 2.75) is 31.9 Å². The number of nitrogens with two attached hydrogens (primary N) is 1. The fourth-order valence-electron chi connectivity index (χ4n) is 1.99. The van der Waals surface area contributed by atoms with Gasteiger partial charge in [0, 0.05) is 32.0 Å². The lowest BCUT2D eigenvalue weighted by Crippen LogP contribution is -2.53. The monoisotopic (exact) mass is 254 g/mol. The standard InChI is InChI=1S/C11H18N4O3/c1-7(12)9-6-15(4-5-18-9)11(17)8-2-3-10(16)14-13-8/h7,9H,2-6,12H2,1H3,(H,14,16). The van der Waals surface area contributed by atoms with E-state index in [0.717, 1.165) is 0 Å². The lowest BCUT2D eigenvalue weighted by atomic mass is 10.1. The van der Waals surface area contributed by atoms with Gasteiger partial charge in [0.05, 0.1) is 12.7 Å². The summed E-state index contributed by atoms with van der Waals surface area (Å²) in [5, 5.41) is 3.81. The van der Waals surface area contributed by atoms with Crippen LogP contribution in [0, 0.1) is 0 Å². The SMILES string of the molecule is CC(N)C1CN(C(=O)C2=NNC(=O)CC2)CCO1. The highest BCUT2D eigenvalue weighted by atomic mass is 16.5. The maximum atomic E-state index is 12.2. The van der Waals surface area contributed by atoms with Crippen LogP contribution in [0.25, 0.3) is 0 Å². The fraction of sp³-hybridized carbons (Fsp3) is 0.727. The molecule has 100 valence electrons. The molecule has 0 spiro atoms. The fourth-order valence-corrected chi connectivity index (χ4v) is 1.99. The van der Waals surface area contributed by atoms with Crippen LogP contribution in [0.5, 0.6) is 0 Å². The van der Waals surface area contributed by atoms with Gasteiger partial charge >= 0.3 is 0 Å². The molecule has 2 atom stereocenters. The van der Waals surface area contributed by atoms with E-state index in [1.54, 1.807) is 4.90 Å². The van der Waals surface area contributed by atoms with E-state index in [1.165, 1.54) is 0 Å². The summed E-state index contributed by atoms with van der Waals surface area (Å²) in [6, 6.07) is -0.117. The molecule has 2 rings (SSSR count). The minimum Gasteiger partial charge on any atom is -0.373 e. The molecule has 18 heavy (non-hydrogen) atoms. The number of carbonyl (C=O) groups excluding carboxylic acids is 2. The van der Waals surface area contributed by atoms with Gasteiger partial charge in [-0.05, 0) is 6.92 Å². The van der Waals surface area contributed by atoms with Crippen LogP contribution in [0.1, 0.15) is 19.8 Å². The zero-order valence-corrected chi connectivity index (χ0v) is 10.4. The van der Waals surface area contributed by atoms with Gasteiger partial charge in [0.1, 0.15) is 5.71 Å². The van der Waals surface area contributed by atoms with Gasteiger partial charge < -0.3 is 15.4 Å². The van der Waals surface area contributed by atoms with Gasteiger partial charge in [-0.15, -0.1) is 0 Å². The number of hydrogen-bond donors (Lipinski definition) is 2. The van der Waals surface area contributed by atoms with Crippen molar-refractivity contribution in [1.29, 1.82) is 0 Å². The van der Waals surface area contributed by atoms with Crippen molar-refractivity contribution in [3.05, 3.63) is 0 Å². The van der Waals surface area contributed by atoms with Crippen LogP contribution >= 0.6 is 0 Å². The maximum absolute atomic E-state index is 12.2. The first-order chi connectivity index (χ1) is 8.58. The molecule has 1 saturated heterocycles. The van der Waals surface area contributed by atoms with E-state index in [2.05, 4.69) is 10.5 Å². The molecule has 3 N–H and O–H groups in total. The van der Waals surface area contributed by atoms with Crippen molar-refractivity contribution in [1.82, 2.24) is 10.3 Å². The van der Waals surface area contributed by atoms with Gasteiger partial charge in [-0.3, -0.25) is 9.59 Å². The van der Waals surface area contributed by atoms with Gasteiger partial charge in [-0.25, -0.2) is 5.43 Å². The van der Waals surface area contributed by atoms with Crippen LogP contribution in [0.3, 0.4) is 0 Å². The second kappa shape index (κ2) is 5.45. The van der Waals surface area contributed by atoms with Crippen molar-refractivity contribution in [2.75, 3.05) is 19.7 Å². The van der Waals surface area contributed by atoms with Crippen LogP contribution in [0.15, 0.2) is 5.10 Å². The van der Waals surface area contributed by atoms with E-state index in [4.69, 9.17) is 10.5 Å². The summed E-state index contributed by atoms with van der Waals surface area (Å²) < 4.78 is 5.50. The van der Waals surface area contributed by atoms with E-state index < -0.39 is 0 Å². The molecule has 0 saturated carbocycles. The lowest BCUT2D eigenvalue weighted by Gasteiger charge is -2.35. The Balaban J connectivity index is 1.98. The van der Waals surface area contributed by atoms with Crippen LogP contribution in [0.2, 0.25) is 0 Å². The van der Waals surface area contributed by atoms with Gasteiger partial charge in [0.15, 0.2) is 0 Å². The Bertz CT molecular complexity index is 380. The van der Waals surface area contributed by atoms with Crippen molar-refractivity contribution < 1.29 is 14.3 Å². The second-order valence-electron chi connectivity index (χ2n) is 4.61. The van der Waals surface area contributed by atoms with E-state index in [-0.39, 0.29) is 24.0 Å². The number of amides is 2. The normalized spacial score (nSPS) is 26.3. The Hall–Kier alpha value is -1.47. The van der Waals surface area contributed by atoms with Crippen LogP contribution in [0.4, 0.5) is 0 Å². The number of nitrogens with one attached hydrogen (secondary N) is 1. The number of ether oxygens (including phenoxy) is 1. The minimum absolute atomic E-state index is 0.117. The average Bonchev–Trinajstić information content (AvgIpc) is 2.39. The zero-order chi connectivity index (χ0) is 13.1. The summed E-state index contributed by atoms with van der Waals surface area (Å²) in [7, 11) is 0. The zero-order valence-electron chi connectivity index (χ0n) is 10.4. The molecule has 2 amide bonds. The second-order valence-corrected chi connectivity index (χ2v) is 4.61. The van der Waals surface area contributed by atoms with Crippen molar-refractivity contribution >= 4 is 17.5 Å². The first-order valence-corrected chi connectivity index (χ1v) is 6.10. The Morgan fingerprint density at radius 2 is 2.39 bits per heavy atom. The number of nitrogens with zero attached hydrogens (tertiary/aromatic N) is 2. The van der Waals surface area contributed by atoms with E-state index in [1.807, 2.05) is 6.92 Å². The van der Waals surface area contributed by atoms with Gasteiger partial charge in [0.25, 0.3) is 5.91 Å². The predicted octanol–water partition coefficient (Wildman–Crippen LogP) is -1.17. The molecule has 2 aliphatic heterocycles. The molecule has 7 nitrogen and oxygen atoms in total. The van der Waals surface area contributed by atoms with Gasteiger partial charge in [0.2, 0.25) is 5.91 Å². The highest BCUT2D eigenvalue weighted by molar-refractivity contribution is 6.39. The number of hydrazone groups is 1. The Morgan fingerprint density at radius 1 is 1.61 bits per heavy atom. The highest BCUT2D eigenvalue weighted by Crippen LogP contribution is 2.11. The molecule has 7 heteroatoms. The molecule has 2 unspecified atom stereocenters. The molecule has 0 aromatic heterocycles. The molecule has 0 aromatic rings. The summed E-state index contributed by atoms with van der Waals surface area (Å²) in [5.41, 5.74) is 8.51. The molecule has 0 aromatic carbocycles. The molecule has 0 aliphatic carbocycles. The molecule has 2 heterocycles. The third kappa shape index (κ3) is 2.85. The number of morpholine rings is 1. The first kappa shape index (κ1) is 13.0. The summed E-state index contributed by atoms with van der Waals surface area (Å²) >= 11 is 0. The smallest absolute Gasteiger partial charge is 0.270 e. The number of carbonyl (C=O) groups is 2. The number of hydrogen-bond acceptors (Lipinski definition) is 5. The Kier molecular flexibility index (Phi) is 3.93. The van der Waals surface area contributed by atoms with Crippen LogP contribution in [-0.4, -0.2) is 54.3 Å². The van der Waals surface area contributed by atoms with Crippen molar-refractivity contribution in [2.24, 2.45) is 10.8 Å². The Morgan fingerprint density at radius 3 is 3.00 bits per heavy atom. The van der Waals surface area contributed by atoms with E-state index in [9.17, 15) is 9.59 Å². The average molecular weight is 254 g/mol. The summed E-state index contributed by atoms with van der Waals surface area (Å²) in [6.07, 6.45) is 0.567. The lowest BCUT2D eigenvalue weighted by molar-refractivity contribution is -0.132. The van der Waals surface area contributed by atoms with E-state index >= 15 is 0 Å². The predicted molar refractivity (Wildman–Crippen MR) is 64.8 cm³/mol. The van der Waals surface area contributed by atoms with Crippen molar-refractivity contribution in [3.8, 4) is 0 Å². The number of rotatable bonds is 2. The summed E-state index contributed by atoms with van der Waals surface area (Å²) in [5.74, 6) is -0.286. The molecule has 1 fully saturated rings. The first-order valence-electron chi connectivity index (χ1n) is 6.10. The van der Waals surface area contributed by atoms with Crippen LogP contribution in [-0.2, 0) is 14.3 Å². The maximum Gasteiger partial charge on any atom is 0.270 e. The van der Waals surface area contributed by atoms with E-state index in [0.29, 0.717) is 38.2 Å². The minimum atomic E-state index is -0.151. The van der Waals surface area contributed by atoms with Crippen LogP contribution < -0.4 is 11.2 Å². The van der Waals surface area contributed by atoms with Crippen molar-refractivity contribution in [3.63, 3.8) is 0 Å². The van der Waals surface area contributed by atoms with Gasteiger partial charge in [-0.2, -0.15) is 5.10 Å². The molecular weight excluding hydrogens is 236 g/mol. The summed E-state index contributed by atoms with van der Waals surface area (Å²) in [4.78, 5) is 24.8. The third-order valence-electron chi connectivity index (χ3n) is 3.12. The highest BCUT2D eigenvalue weighted by Gasteiger charge is 2.29. The topological polar surface area (TPSA) is 97.0 Å². The molecule has 0 bridgehead atoms. The third-order valence-corrected chi connectivity index (χ3v) is 3.12. The molecular formula is C11H18N4O3. The largest absolute Gasteiger partial charge is 0.373 e. The molecule has 2 aliphatic rings. The van der Waals surface area contributed by atoms with Gasteiger partial charge in [-0.1, -0.05) is 0 Å².